The Morgan fingerprint density at radius 2 is 2.44 bits per heavy atom. The first-order valence-corrected chi connectivity index (χ1v) is 4.98. The van der Waals surface area contributed by atoms with E-state index < -0.39 is 12.0 Å². The Hall–Kier alpha value is -1.40. The van der Waals surface area contributed by atoms with Crippen molar-refractivity contribution in [3.05, 3.63) is 11.6 Å². The van der Waals surface area contributed by atoms with Crippen LogP contribution in [0.2, 0.25) is 0 Å². The molecule has 0 bridgehead atoms. The van der Waals surface area contributed by atoms with Crippen molar-refractivity contribution in [2.75, 3.05) is 26.8 Å². The zero-order chi connectivity index (χ0) is 12.1. The predicted octanol–water partition coefficient (Wildman–Crippen LogP) is -1.36. The van der Waals surface area contributed by atoms with E-state index in [1.807, 2.05) is 0 Å². The number of carbonyl (C=O) groups excluding carboxylic acids is 2. The van der Waals surface area contributed by atoms with E-state index in [0.29, 0.717) is 12.0 Å². The molecule has 0 aromatic rings. The number of carbonyl (C=O) groups is 2. The van der Waals surface area contributed by atoms with Crippen molar-refractivity contribution < 1.29 is 19.4 Å². The number of ether oxygens (including phenoxy) is 1. The number of nitrogens with two attached hydrogens (primary N) is 1. The molecule has 0 radical (unpaired) electrons. The molecule has 0 saturated heterocycles. The molecule has 6 heteroatoms. The molecule has 0 fully saturated rings. The van der Waals surface area contributed by atoms with Gasteiger partial charge in [0.05, 0.1) is 19.8 Å². The lowest BCUT2D eigenvalue weighted by atomic mass is 10.2. The molecule has 1 rings (SSSR count). The van der Waals surface area contributed by atoms with Gasteiger partial charge in [-0.25, -0.2) is 0 Å². The van der Waals surface area contributed by atoms with Crippen LogP contribution in [0.4, 0.5) is 0 Å². The zero-order valence-corrected chi connectivity index (χ0v) is 9.18. The molecule has 1 aliphatic heterocycles. The van der Waals surface area contributed by atoms with Crippen LogP contribution in [0.5, 0.6) is 0 Å². The van der Waals surface area contributed by atoms with Crippen LogP contribution in [0.3, 0.4) is 0 Å². The molecule has 0 aliphatic carbocycles. The van der Waals surface area contributed by atoms with Crippen LogP contribution >= 0.6 is 0 Å². The van der Waals surface area contributed by atoms with E-state index in [1.54, 1.807) is 6.08 Å². The molecule has 0 saturated carbocycles. The highest BCUT2D eigenvalue weighted by Crippen LogP contribution is 2.10. The van der Waals surface area contributed by atoms with Crippen LogP contribution in [-0.4, -0.2) is 54.7 Å². The molecule has 0 aromatic heterocycles. The number of amides is 1. The summed E-state index contributed by atoms with van der Waals surface area (Å²) in [6, 6.07) is -0.659. The van der Waals surface area contributed by atoms with Crippen LogP contribution in [0.15, 0.2) is 11.6 Å². The minimum absolute atomic E-state index is 0.139. The van der Waals surface area contributed by atoms with Gasteiger partial charge in [0.15, 0.2) is 0 Å². The summed E-state index contributed by atoms with van der Waals surface area (Å²) in [6.07, 6.45) is 2.12. The standard InChI is InChI=1S/C10H16N2O4/c1-16-9(14)5-12-4-7(6-13)2-3-8(11)10(12)15/h2,8,13H,3-6,11H2,1H3. The molecule has 1 amide bonds. The van der Waals surface area contributed by atoms with Gasteiger partial charge in [-0.2, -0.15) is 0 Å². The maximum Gasteiger partial charge on any atom is 0.325 e. The molecule has 0 spiro atoms. The third-order valence-corrected chi connectivity index (χ3v) is 2.43. The SMILES string of the molecule is COC(=O)CN1CC(CO)=CCC(N)C1=O. The number of rotatable bonds is 3. The lowest BCUT2D eigenvalue weighted by Crippen LogP contribution is -2.45. The summed E-state index contributed by atoms with van der Waals surface area (Å²) >= 11 is 0. The molecule has 1 aliphatic rings. The highest BCUT2D eigenvalue weighted by Gasteiger charge is 2.26. The second-order valence-electron chi connectivity index (χ2n) is 3.63. The molecule has 1 unspecified atom stereocenters. The topological polar surface area (TPSA) is 92.9 Å². The Kier molecular flexibility index (Phi) is 4.45. The molecule has 1 atom stereocenters. The van der Waals surface area contributed by atoms with E-state index in [9.17, 15) is 9.59 Å². The summed E-state index contributed by atoms with van der Waals surface area (Å²) in [7, 11) is 1.26. The van der Waals surface area contributed by atoms with Gasteiger partial charge in [-0.05, 0) is 12.0 Å². The Morgan fingerprint density at radius 1 is 1.75 bits per heavy atom. The van der Waals surface area contributed by atoms with Crippen molar-refractivity contribution in [3.8, 4) is 0 Å². The monoisotopic (exact) mass is 228 g/mol. The summed E-state index contributed by atoms with van der Waals surface area (Å²) in [4.78, 5) is 24.1. The molecule has 0 aromatic carbocycles. The lowest BCUT2D eigenvalue weighted by molar-refractivity contribution is -0.147. The van der Waals surface area contributed by atoms with E-state index in [0.717, 1.165) is 0 Å². The molecule has 16 heavy (non-hydrogen) atoms. The van der Waals surface area contributed by atoms with Crippen molar-refractivity contribution >= 4 is 11.9 Å². The van der Waals surface area contributed by atoms with Crippen molar-refractivity contribution in [1.82, 2.24) is 4.90 Å². The van der Waals surface area contributed by atoms with Crippen LogP contribution in [0, 0.1) is 0 Å². The predicted molar refractivity (Wildman–Crippen MR) is 56.4 cm³/mol. The molecular weight excluding hydrogens is 212 g/mol. The fourth-order valence-corrected chi connectivity index (χ4v) is 1.49. The van der Waals surface area contributed by atoms with Crippen LogP contribution in [0.1, 0.15) is 6.42 Å². The first-order chi connectivity index (χ1) is 7.58. The van der Waals surface area contributed by atoms with Crippen LogP contribution in [-0.2, 0) is 14.3 Å². The van der Waals surface area contributed by atoms with E-state index >= 15 is 0 Å². The average Bonchev–Trinajstić information content (AvgIpc) is 2.42. The highest BCUT2D eigenvalue weighted by atomic mass is 16.5. The summed E-state index contributed by atoms with van der Waals surface area (Å²) in [5, 5.41) is 9.03. The molecule has 6 nitrogen and oxygen atoms in total. The van der Waals surface area contributed by atoms with Gasteiger partial charge < -0.3 is 20.5 Å². The third kappa shape index (κ3) is 3.04. The van der Waals surface area contributed by atoms with E-state index in [1.165, 1.54) is 12.0 Å². The normalized spacial score (nSPS) is 21.4. The first-order valence-electron chi connectivity index (χ1n) is 4.98. The number of hydrogen-bond acceptors (Lipinski definition) is 5. The largest absolute Gasteiger partial charge is 0.468 e. The number of esters is 1. The lowest BCUT2D eigenvalue weighted by Gasteiger charge is -2.22. The van der Waals surface area contributed by atoms with E-state index in [2.05, 4.69) is 4.74 Å². The number of nitrogens with zero attached hydrogens (tertiary/aromatic N) is 1. The van der Waals surface area contributed by atoms with Crippen LogP contribution in [0.25, 0.3) is 0 Å². The van der Waals surface area contributed by atoms with Crippen molar-refractivity contribution in [2.24, 2.45) is 5.73 Å². The molecular formula is C10H16N2O4. The highest BCUT2D eigenvalue weighted by molar-refractivity contribution is 5.86. The molecule has 90 valence electrons. The minimum Gasteiger partial charge on any atom is -0.468 e. The van der Waals surface area contributed by atoms with Crippen LogP contribution < -0.4 is 5.73 Å². The van der Waals surface area contributed by atoms with Gasteiger partial charge in [0.25, 0.3) is 0 Å². The maximum atomic E-state index is 11.7. The molecule has 1 heterocycles. The minimum atomic E-state index is -0.659. The second-order valence-corrected chi connectivity index (χ2v) is 3.63. The van der Waals surface area contributed by atoms with Gasteiger partial charge in [0.1, 0.15) is 6.54 Å². The Morgan fingerprint density at radius 3 is 3.00 bits per heavy atom. The quantitative estimate of drug-likeness (QED) is 0.459. The van der Waals surface area contributed by atoms with E-state index in [4.69, 9.17) is 10.8 Å². The van der Waals surface area contributed by atoms with Gasteiger partial charge in [-0.1, -0.05) is 6.08 Å². The van der Waals surface area contributed by atoms with Gasteiger partial charge in [-0.3, -0.25) is 9.59 Å². The Bertz CT molecular complexity index is 314. The average molecular weight is 228 g/mol. The van der Waals surface area contributed by atoms with Crippen molar-refractivity contribution in [3.63, 3.8) is 0 Å². The third-order valence-electron chi connectivity index (χ3n) is 2.43. The fourth-order valence-electron chi connectivity index (χ4n) is 1.49. The number of hydrogen-bond donors (Lipinski definition) is 2. The zero-order valence-electron chi connectivity index (χ0n) is 9.18. The van der Waals surface area contributed by atoms with Gasteiger partial charge in [0, 0.05) is 6.54 Å². The summed E-state index contributed by atoms with van der Waals surface area (Å²) in [6.45, 7) is -0.0593. The summed E-state index contributed by atoms with van der Waals surface area (Å²) in [5.41, 5.74) is 6.32. The smallest absolute Gasteiger partial charge is 0.325 e. The summed E-state index contributed by atoms with van der Waals surface area (Å²) in [5.74, 6) is -0.801. The van der Waals surface area contributed by atoms with Crippen molar-refractivity contribution in [1.29, 1.82) is 0 Å². The summed E-state index contributed by atoms with van der Waals surface area (Å²) < 4.78 is 4.49. The van der Waals surface area contributed by atoms with Crippen molar-refractivity contribution in [2.45, 2.75) is 12.5 Å². The van der Waals surface area contributed by atoms with E-state index in [-0.39, 0.29) is 25.6 Å². The van der Waals surface area contributed by atoms with Gasteiger partial charge >= 0.3 is 5.97 Å². The first kappa shape index (κ1) is 12.7. The Labute approximate surface area is 93.7 Å². The number of aliphatic hydroxyl groups excluding tert-OH is 1. The maximum absolute atomic E-state index is 11.7. The number of methoxy groups -OCH3 is 1. The Balaban J connectivity index is 2.75. The number of aliphatic hydroxyl groups is 1. The van der Waals surface area contributed by atoms with Gasteiger partial charge in [-0.15, -0.1) is 0 Å². The fraction of sp³-hybridized carbons (Fsp3) is 0.600. The molecule has 3 N–H and O–H groups in total. The van der Waals surface area contributed by atoms with Gasteiger partial charge in [0.2, 0.25) is 5.91 Å². The second kappa shape index (κ2) is 5.62.